The number of hydrogen-bond donors (Lipinski definition) is 0. The number of halogens is 2. The fraction of sp³-hybridized carbons (Fsp3) is 0.450. The predicted molar refractivity (Wildman–Crippen MR) is 107 cm³/mol. The fourth-order valence-electron chi connectivity index (χ4n) is 2.99. The lowest BCUT2D eigenvalue weighted by Gasteiger charge is -2.28. The third-order valence-electron chi connectivity index (χ3n) is 4.51. The summed E-state index contributed by atoms with van der Waals surface area (Å²) in [6, 6.07) is 11.1. The first-order valence-electron chi connectivity index (χ1n) is 9.66. The molecule has 1 heterocycles. The van der Waals surface area contributed by atoms with Crippen molar-refractivity contribution >= 4 is 24.0 Å². The monoisotopic (exact) mass is 409 g/mol. The molecule has 0 unspecified atom stereocenters. The quantitative estimate of drug-likeness (QED) is 0.399. The minimum atomic E-state index is -4.14. The zero-order valence-corrected chi connectivity index (χ0v) is 16.5. The maximum absolute atomic E-state index is 14.4. The molecule has 29 heavy (non-hydrogen) atoms. The predicted octanol–water partition coefficient (Wildman–Crippen LogP) is 2.73. The van der Waals surface area contributed by atoms with Gasteiger partial charge in [0.25, 0.3) is 0 Å². The third-order valence-corrected chi connectivity index (χ3v) is 4.51. The van der Waals surface area contributed by atoms with Crippen LogP contribution >= 0.6 is 0 Å². The number of benzene rings is 2. The molecule has 1 aliphatic rings. The van der Waals surface area contributed by atoms with Gasteiger partial charge in [-0.25, -0.2) is 0 Å². The summed E-state index contributed by atoms with van der Waals surface area (Å²) in [6.07, 6.45) is 1.45. The molecule has 0 saturated heterocycles. The standard InChI is InChI=1S/C20H26BF2NO5/c1-25-8-9-27-12-13-28-11-10-26-7-6-24-16-19-14-17-4-2-3-5-18(17)15-20(19)29-21(24,22)23/h2-5,14-16H,6-13H2,1H3. The van der Waals surface area contributed by atoms with Crippen LogP contribution in [-0.2, 0) is 18.9 Å². The molecule has 0 amide bonds. The van der Waals surface area contributed by atoms with Crippen LogP contribution in [-0.4, -0.2) is 77.6 Å². The van der Waals surface area contributed by atoms with E-state index >= 15 is 0 Å². The molecule has 2 aromatic rings. The van der Waals surface area contributed by atoms with Gasteiger partial charge in [-0.1, -0.05) is 24.3 Å². The number of rotatable bonds is 12. The van der Waals surface area contributed by atoms with E-state index in [9.17, 15) is 8.63 Å². The zero-order chi connectivity index (χ0) is 20.5. The normalized spacial score (nSPS) is 15.1. The van der Waals surface area contributed by atoms with Crippen LogP contribution < -0.4 is 4.65 Å². The van der Waals surface area contributed by atoms with E-state index in [0.717, 1.165) is 15.3 Å². The van der Waals surface area contributed by atoms with Crippen molar-refractivity contribution in [2.75, 3.05) is 59.9 Å². The van der Waals surface area contributed by atoms with Crippen molar-refractivity contribution in [2.24, 2.45) is 0 Å². The molecule has 0 fully saturated rings. The average molecular weight is 409 g/mol. The van der Waals surface area contributed by atoms with Crippen molar-refractivity contribution in [2.45, 2.75) is 0 Å². The molecule has 1 aliphatic heterocycles. The molecular formula is C20H26BF2NO5. The van der Waals surface area contributed by atoms with Gasteiger partial charge in [0, 0.05) is 7.11 Å². The number of hydrogen-bond acceptors (Lipinski definition) is 5. The van der Waals surface area contributed by atoms with E-state index in [1.807, 2.05) is 30.3 Å². The second-order valence-electron chi connectivity index (χ2n) is 6.61. The highest BCUT2D eigenvalue weighted by Gasteiger charge is 2.48. The number of methoxy groups -OCH3 is 1. The van der Waals surface area contributed by atoms with E-state index in [4.69, 9.17) is 23.6 Å². The van der Waals surface area contributed by atoms with Crippen molar-refractivity contribution in [3.05, 3.63) is 42.0 Å². The number of fused-ring (bicyclic) bond motifs is 2. The molecule has 0 radical (unpaired) electrons. The van der Waals surface area contributed by atoms with E-state index in [-0.39, 0.29) is 18.9 Å². The van der Waals surface area contributed by atoms with Gasteiger partial charge in [0.05, 0.1) is 51.0 Å². The Hall–Kier alpha value is -2.07. The molecule has 0 bridgehead atoms. The summed E-state index contributed by atoms with van der Waals surface area (Å²) in [5.41, 5.74) is 0.633. The van der Waals surface area contributed by atoms with E-state index < -0.39 is 7.04 Å². The highest BCUT2D eigenvalue weighted by atomic mass is 19.3. The summed E-state index contributed by atoms with van der Waals surface area (Å²) in [5, 5.41) is 1.84. The van der Waals surface area contributed by atoms with Gasteiger partial charge < -0.3 is 36.7 Å². The van der Waals surface area contributed by atoms with Crippen molar-refractivity contribution in [1.82, 2.24) is 0 Å². The first kappa shape index (κ1) is 21.6. The molecule has 2 aromatic carbocycles. The minimum absolute atomic E-state index is 0.0272. The topological polar surface area (TPSA) is 49.2 Å². The molecule has 3 rings (SSSR count). The maximum Gasteiger partial charge on any atom is 0.828 e. The summed E-state index contributed by atoms with van der Waals surface area (Å²) >= 11 is 0. The third kappa shape index (κ3) is 6.20. The SMILES string of the molecule is COCCOCCOCCOCC[N+]1=Cc2cc3ccccc3cc2O[B-]1(F)F. The van der Waals surface area contributed by atoms with E-state index in [0.29, 0.717) is 45.2 Å². The molecular weight excluding hydrogens is 383 g/mol. The first-order chi connectivity index (χ1) is 14.1. The summed E-state index contributed by atoms with van der Waals surface area (Å²) in [7, 11) is -2.53. The van der Waals surface area contributed by atoms with Crippen LogP contribution in [0.15, 0.2) is 36.4 Å². The summed E-state index contributed by atoms with van der Waals surface area (Å²) in [6.45, 7) is 2.88. The molecule has 0 N–H and O–H groups in total. The number of ether oxygens (including phenoxy) is 4. The minimum Gasteiger partial charge on any atom is -0.599 e. The van der Waals surface area contributed by atoms with Crippen molar-refractivity contribution in [1.29, 1.82) is 0 Å². The molecule has 9 heteroatoms. The van der Waals surface area contributed by atoms with Crippen LogP contribution in [0.25, 0.3) is 10.8 Å². The zero-order valence-electron chi connectivity index (χ0n) is 16.5. The van der Waals surface area contributed by atoms with Gasteiger partial charge in [-0.3, -0.25) is 0 Å². The maximum atomic E-state index is 14.4. The molecule has 0 spiro atoms. The Morgan fingerprint density at radius 2 is 1.45 bits per heavy atom. The van der Waals surface area contributed by atoms with Gasteiger partial charge in [-0.05, 0) is 22.9 Å². The number of nitrogens with zero attached hydrogens (tertiary/aromatic N) is 1. The molecule has 0 atom stereocenters. The van der Waals surface area contributed by atoms with Crippen molar-refractivity contribution in [3.63, 3.8) is 0 Å². The molecule has 0 aliphatic carbocycles. The van der Waals surface area contributed by atoms with Crippen LogP contribution in [0.1, 0.15) is 5.56 Å². The molecule has 158 valence electrons. The molecule has 0 aromatic heterocycles. The van der Waals surface area contributed by atoms with Gasteiger partial charge in [-0.2, -0.15) is 0 Å². The fourth-order valence-corrected chi connectivity index (χ4v) is 2.99. The molecule has 6 nitrogen and oxygen atoms in total. The summed E-state index contributed by atoms with van der Waals surface area (Å²) in [4.78, 5) is 0. The highest BCUT2D eigenvalue weighted by molar-refractivity contribution is 6.52. The highest BCUT2D eigenvalue weighted by Crippen LogP contribution is 2.30. The Morgan fingerprint density at radius 3 is 2.10 bits per heavy atom. The average Bonchev–Trinajstić information content (AvgIpc) is 2.70. The van der Waals surface area contributed by atoms with Gasteiger partial charge in [0.15, 0.2) is 0 Å². The Morgan fingerprint density at radius 1 is 0.862 bits per heavy atom. The van der Waals surface area contributed by atoms with Crippen molar-refractivity contribution in [3.8, 4) is 5.75 Å². The van der Waals surface area contributed by atoms with Gasteiger partial charge in [0.2, 0.25) is 0 Å². The lowest BCUT2D eigenvalue weighted by Crippen LogP contribution is -2.50. The van der Waals surface area contributed by atoms with Crippen molar-refractivity contribution < 1.29 is 36.7 Å². The first-order valence-corrected chi connectivity index (χ1v) is 9.66. The second-order valence-corrected chi connectivity index (χ2v) is 6.61. The summed E-state index contributed by atoms with van der Waals surface area (Å²) < 4.78 is 55.6. The lowest BCUT2D eigenvalue weighted by molar-refractivity contribution is -0.439. The smallest absolute Gasteiger partial charge is 0.599 e. The van der Waals surface area contributed by atoms with Crippen LogP contribution in [0.2, 0.25) is 0 Å². The van der Waals surface area contributed by atoms with Crippen LogP contribution in [0.4, 0.5) is 8.63 Å². The Kier molecular flexibility index (Phi) is 7.94. The Balaban J connectivity index is 1.43. The Bertz CT molecular complexity index is 834. The van der Waals surface area contributed by atoms with Crippen LogP contribution in [0.3, 0.4) is 0 Å². The lowest BCUT2D eigenvalue weighted by atomic mass is 9.98. The second kappa shape index (κ2) is 10.6. The van der Waals surface area contributed by atoms with Crippen LogP contribution in [0.5, 0.6) is 5.75 Å². The van der Waals surface area contributed by atoms with E-state index in [1.165, 1.54) is 6.21 Å². The van der Waals surface area contributed by atoms with Gasteiger partial charge >= 0.3 is 7.04 Å². The molecule has 0 saturated carbocycles. The van der Waals surface area contributed by atoms with Gasteiger partial charge in [0.1, 0.15) is 19.4 Å². The Labute approximate surface area is 169 Å². The van der Waals surface area contributed by atoms with Crippen LogP contribution in [0, 0.1) is 0 Å². The largest absolute Gasteiger partial charge is 0.828 e. The van der Waals surface area contributed by atoms with E-state index in [1.54, 1.807) is 13.2 Å². The summed E-state index contributed by atoms with van der Waals surface area (Å²) in [5.74, 6) is 0.201. The van der Waals surface area contributed by atoms with E-state index in [2.05, 4.69) is 0 Å². The van der Waals surface area contributed by atoms with Gasteiger partial charge in [-0.15, -0.1) is 0 Å².